The molecule has 0 aliphatic carbocycles. The number of nitrogens with zero attached hydrogens (tertiary/aromatic N) is 3. The van der Waals surface area contributed by atoms with E-state index in [4.69, 9.17) is 4.74 Å². The number of carboxylic acid groups (broad SMARTS) is 1. The van der Waals surface area contributed by atoms with Crippen molar-refractivity contribution in [3.05, 3.63) is 64.0 Å². The minimum atomic E-state index is -3.86. The van der Waals surface area contributed by atoms with Crippen LogP contribution < -0.4 is 9.21 Å². The molecular formula is C30H36FN3O5S. The van der Waals surface area contributed by atoms with Crippen LogP contribution in [-0.2, 0) is 26.1 Å². The van der Waals surface area contributed by atoms with Crippen LogP contribution >= 0.6 is 0 Å². The normalized spacial score (nSPS) is 14.0. The number of aliphatic carboxylic acids is 1. The van der Waals surface area contributed by atoms with Gasteiger partial charge in [-0.15, -0.1) is 0 Å². The van der Waals surface area contributed by atoms with E-state index in [1.165, 1.54) is 10.4 Å². The summed E-state index contributed by atoms with van der Waals surface area (Å²) < 4.78 is 48.7. The number of pyridine rings is 1. The molecule has 4 rings (SSSR count). The van der Waals surface area contributed by atoms with E-state index >= 15 is 4.39 Å². The number of halogens is 1. The Bertz CT molecular complexity index is 1610. The van der Waals surface area contributed by atoms with Crippen molar-refractivity contribution in [2.24, 2.45) is 0 Å². The predicted octanol–water partition coefficient (Wildman–Crippen LogP) is 5.77. The van der Waals surface area contributed by atoms with Crippen molar-refractivity contribution in [3.63, 3.8) is 0 Å². The molecule has 0 amide bonds. The fourth-order valence-electron chi connectivity index (χ4n) is 5.30. The van der Waals surface area contributed by atoms with Crippen molar-refractivity contribution >= 4 is 27.5 Å². The largest absolute Gasteiger partial charge is 0.479 e. The standard InChI is InChI=1S/C30H36FN3O5S/c1-16-10-12-19(13-11-16)22-17(2)24-25-20(14-21(31)28(32-25)33(7)8)15-34(40(9,37)38)26(24)18(3)23(22)27(29(35)36)39-30(4,5)6/h10-14,27H,15H2,1-9H3,(H,35,36)/t27-/m0/s1. The van der Waals surface area contributed by atoms with Gasteiger partial charge in [-0.25, -0.2) is 22.6 Å². The summed E-state index contributed by atoms with van der Waals surface area (Å²) in [4.78, 5) is 19.0. The summed E-state index contributed by atoms with van der Waals surface area (Å²) in [7, 11) is -0.487. The van der Waals surface area contributed by atoms with Crippen LogP contribution in [0.4, 0.5) is 15.9 Å². The van der Waals surface area contributed by atoms with Gasteiger partial charge < -0.3 is 14.7 Å². The van der Waals surface area contributed by atoms with Crippen LogP contribution in [0.5, 0.6) is 0 Å². The molecular weight excluding hydrogens is 533 g/mol. The van der Waals surface area contributed by atoms with Crippen molar-refractivity contribution < 1.29 is 27.4 Å². The van der Waals surface area contributed by atoms with Gasteiger partial charge in [-0.2, -0.15) is 0 Å². The maximum absolute atomic E-state index is 15.1. The Kier molecular flexibility index (Phi) is 7.49. The minimum absolute atomic E-state index is 0.120. The summed E-state index contributed by atoms with van der Waals surface area (Å²) in [5.41, 5.74) is 4.75. The smallest absolute Gasteiger partial charge is 0.337 e. The van der Waals surface area contributed by atoms with Crippen LogP contribution in [0.2, 0.25) is 0 Å². The number of benzene rings is 2. The summed E-state index contributed by atoms with van der Waals surface area (Å²) in [6.45, 7) is 10.7. The van der Waals surface area contributed by atoms with Gasteiger partial charge in [0.15, 0.2) is 17.7 Å². The lowest BCUT2D eigenvalue weighted by molar-refractivity contribution is -0.160. The number of carbonyl (C=O) groups is 1. The number of hydrogen-bond acceptors (Lipinski definition) is 6. The van der Waals surface area contributed by atoms with Crippen molar-refractivity contribution in [1.82, 2.24) is 4.98 Å². The molecule has 0 saturated heterocycles. The molecule has 1 atom stereocenters. The van der Waals surface area contributed by atoms with Crippen LogP contribution in [0, 0.1) is 26.6 Å². The summed E-state index contributed by atoms with van der Waals surface area (Å²) in [6, 6.07) is 9.01. The highest BCUT2D eigenvalue weighted by molar-refractivity contribution is 7.92. The second-order valence-corrected chi connectivity index (χ2v) is 13.4. The van der Waals surface area contributed by atoms with Gasteiger partial charge >= 0.3 is 5.97 Å². The lowest BCUT2D eigenvalue weighted by Gasteiger charge is -2.37. The molecule has 10 heteroatoms. The van der Waals surface area contributed by atoms with Crippen molar-refractivity contribution in [2.75, 3.05) is 29.6 Å². The molecule has 2 aromatic carbocycles. The zero-order chi connectivity index (χ0) is 29.9. The zero-order valence-corrected chi connectivity index (χ0v) is 25.2. The van der Waals surface area contributed by atoms with E-state index in [1.54, 1.807) is 46.7 Å². The SMILES string of the molecule is Cc1ccc(-c2c(C)c3c(c(C)c2[C@H](OC(C)(C)C)C(=O)O)N(S(C)(=O)=O)Cc2cc(F)c(N(C)C)nc2-3)cc1. The third-order valence-corrected chi connectivity index (χ3v) is 8.09. The molecule has 8 nitrogen and oxygen atoms in total. The van der Waals surface area contributed by atoms with E-state index in [1.807, 2.05) is 38.1 Å². The Hall–Kier alpha value is -3.50. The summed E-state index contributed by atoms with van der Waals surface area (Å²) >= 11 is 0. The van der Waals surface area contributed by atoms with Crippen LogP contribution in [-0.4, -0.2) is 50.4 Å². The van der Waals surface area contributed by atoms with Crippen molar-refractivity contribution in [2.45, 2.75) is 59.8 Å². The van der Waals surface area contributed by atoms with Gasteiger partial charge in [0.2, 0.25) is 10.0 Å². The average Bonchev–Trinajstić information content (AvgIpc) is 2.82. The first-order chi connectivity index (χ1) is 18.4. The average molecular weight is 570 g/mol. The first-order valence-corrected chi connectivity index (χ1v) is 14.8. The minimum Gasteiger partial charge on any atom is -0.479 e. The highest BCUT2D eigenvalue weighted by Crippen LogP contribution is 2.51. The zero-order valence-electron chi connectivity index (χ0n) is 24.4. The van der Waals surface area contributed by atoms with E-state index in [0.29, 0.717) is 44.8 Å². The van der Waals surface area contributed by atoms with Gasteiger partial charge in [-0.05, 0) is 69.9 Å². The van der Waals surface area contributed by atoms with Gasteiger partial charge in [-0.1, -0.05) is 29.8 Å². The summed E-state index contributed by atoms with van der Waals surface area (Å²) in [5.74, 6) is -1.63. The third kappa shape index (κ3) is 5.30. The second-order valence-electron chi connectivity index (χ2n) is 11.5. The van der Waals surface area contributed by atoms with Crippen LogP contribution in [0.25, 0.3) is 22.4 Å². The molecule has 0 unspecified atom stereocenters. The molecule has 1 aromatic heterocycles. The number of hydrogen-bond donors (Lipinski definition) is 1. The van der Waals surface area contributed by atoms with Crippen LogP contribution in [0.3, 0.4) is 0 Å². The fourth-order valence-corrected chi connectivity index (χ4v) is 6.23. The maximum atomic E-state index is 15.1. The lowest BCUT2D eigenvalue weighted by Crippen LogP contribution is -2.35. The number of aryl methyl sites for hydroxylation is 1. The van der Waals surface area contributed by atoms with E-state index < -0.39 is 33.5 Å². The molecule has 0 fully saturated rings. The molecule has 0 saturated carbocycles. The Labute approximate surface area is 235 Å². The van der Waals surface area contributed by atoms with Gasteiger partial charge in [0.1, 0.15) is 0 Å². The number of carboxylic acids is 1. The van der Waals surface area contributed by atoms with E-state index in [-0.39, 0.29) is 12.4 Å². The van der Waals surface area contributed by atoms with Gasteiger partial charge in [-0.3, -0.25) is 4.31 Å². The fraction of sp³-hybridized carbons (Fsp3) is 0.400. The molecule has 3 aromatic rings. The molecule has 1 N–H and O–H groups in total. The van der Waals surface area contributed by atoms with Crippen LogP contribution in [0.15, 0.2) is 30.3 Å². The molecule has 1 aliphatic rings. The number of aromatic nitrogens is 1. The second kappa shape index (κ2) is 10.2. The van der Waals surface area contributed by atoms with E-state index in [2.05, 4.69) is 4.98 Å². The Morgan fingerprint density at radius 2 is 1.70 bits per heavy atom. The third-order valence-electron chi connectivity index (χ3n) is 6.97. The topological polar surface area (TPSA) is 100 Å². The molecule has 0 radical (unpaired) electrons. The lowest BCUT2D eigenvalue weighted by atomic mass is 9.81. The summed E-state index contributed by atoms with van der Waals surface area (Å²) in [6.07, 6.45) is -0.302. The first kappa shape index (κ1) is 29.5. The Morgan fingerprint density at radius 1 is 1.10 bits per heavy atom. The number of anilines is 2. The van der Waals surface area contributed by atoms with E-state index in [9.17, 15) is 18.3 Å². The molecule has 40 heavy (non-hydrogen) atoms. The van der Waals surface area contributed by atoms with Crippen LogP contribution in [0.1, 0.15) is 54.7 Å². The van der Waals surface area contributed by atoms with Crippen molar-refractivity contribution in [3.8, 4) is 22.4 Å². The Balaban J connectivity index is 2.24. The molecule has 0 spiro atoms. The van der Waals surface area contributed by atoms with Crippen molar-refractivity contribution in [1.29, 1.82) is 0 Å². The Morgan fingerprint density at radius 3 is 2.20 bits per heavy atom. The number of fused-ring (bicyclic) bond motifs is 3. The molecule has 1 aliphatic heterocycles. The summed E-state index contributed by atoms with van der Waals surface area (Å²) in [5, 5.41) is 10.4. The van der Waals surface area contributed by atoms with Gasteiger partial charge in [0.05, 0.1) is 29.8 Å². The number of rotatable bonds is 6. The number of ether oxygens (including phenoxy) is 1. The molecule has 2 heterocycles. The highest BCUT2D eigenvalue weighted by Gasteiger charge is 2.39. The molecule has 214 valence electrons. The molecule has 0 bridgehead atoms. The maximum Gasteiger partial charge on any atom is 0.337 e. The van der Waals surface area contributed by atoms with Gasteiger partial charge in [0, 0.05) is 30.8 Å². The van der Waals surface area contributed by atoms with Gasteiger partial charge in [0.25, 0.3) is 0 Å². The monoisotopic (exact) mass is 569 g/mol. The quantitative estimate of drug-likeness (QED) is 0.403. The highest BCUT2D eigenvalue weighted by atomic mass is 32.2. The predicted molar refractivity (Wildman–Crippen MR) is 156 cm³/mol. The number of sulfonamides is 1. The first-order valence-electron chi connectivity index (χ1n) is 12.9. The van der Waals surface area contributed by atoms with E-state index in [0.717, 1.165) is 17.4 Å².